The van der Waals surface area contributed by atoms with Gasteiger partial charge in [0.05, 0.1) is 10.5 Å². The summed E-state index contributed by atoms with van der Waals surface area (Å²) in [5.74, 6) is -13.1. The lowest BCUT2D eigenvalue weighted by Gasteiger charge is -2.36. The van der Waals surface area contributed by atoms with Gasteiger partial charge in [-0.15, -0.1) is 0 Å². The Balaban J connectivity index is 1.84. The molecule has 32 heavy (non-hydrogen) atoms. The van der Waals surface area contributed by atoms with Crippen molar-refractivity contribution in [3.8, 4) is 0 Å². The number of nitrogens with zero attached hydrogens (tertiary/aromatic N) is 3. The topological polar surface area (TPSA) is 66.7 Å². The van der Waals surface area contributed by atoms with Crippen LogP contribution >= 0.6 is 0 Å². The minimum Gasteiger partial charge on any atom is -0.362 e. The zero-order valence-electron chi connectivity index (χ0n) is 15.7. The molecule has 6 nitrogen and oxygen atoms in total. The van der Waals surface area contributed by atoms with E-state index in [1.54, 1.807) is 0 Å². The molecule has 2 aromatic rings. The van der Waals surface area contributed by atoms with Crippen LogP contribution in [0.25, 0.3) is 0 Å². The Hall–Kier alpha value is -3.45. The summed E-state index contributed by atoms with van der Waals surface area (Å²) in [6, 6.07) is 1.86. The molecular formula is C18H11F8N3O3. The number of rotatable bonds is 3. The molecule has 1 amide bonds. The molecule has 1 heterocycles. The molecule has 0 bridgehead atoms. The third-order valence-electron chi connectivity index (χ3n) is 4.83. The Morgan fingerprint density at radius 1 is 0.875 bits per heavy atom. The number of carbonyl (C=O) groups is 1. The standard InChI is InChI=1S/C18H11F8N3O3/c19-12-11(13(20)15(22)16(23)14(12)21)17(30)28-5-3-27(4-6-28)9-2-1-8(18(24,25)26)7-10(9)29(31)32/h1-2,7H,3-6H2. The van der Waals surface area contributed by atoms with Crippen LogP contribution in [0, 0.1) is 39.2 Å². The maximum atomic E-state index is 13.9. The van der Waals surface area contributed by atoms with Crippen molar-refractivity contribution in [1.82, 2.24) is 4.90 Å². The molecule has 1 aliphatic heterocycles. The maximum Gasteiger partial charge on any atom is 0.416 e. The van der Waals surface area contributed by atoms with Crippen LogP contribution in [-0.2, 0) is 6.18 Å². The molecule has 0 aliphatic carbocycles. The Morgan fingerprint density at radius 3 is 1.84 bits per heavy atom. The average Bonchev–Trinajstić information content (AvgIpc) is 2.75. The smallest absolute Gasteiger partial charge is 0.362 e. The lowest BCUT2D eigenvalue weighted by molar-refractivity contribution is -0.384. The monoisotopic (exact) mass is 469 g/mol. The van der Waals surface area contributed by atoms with E-state index in [9.17, 15) is 50.0 Å². The summed E-state index contributed by atoms with van der Waals surface area (Å²) >= 11 is 0. The third kappa shape index (κ3) is 4.03. The molecule has 1 fully saturated rings. The summed E-state index contributed by atoms with van der Waals surface area (Å²) in [4.78, 5) is 24.6. The molecule has 14 heteroatoms. The third-order valence-corrected chi connectivity index (χ3v) is 4.83. The molecule has 0 aromatic heterocycles. The Labute approximate surface area is 173 Å². The van der Waals surface area contributed by atoms with Gasteiger partial charge in [-0.3, -0.25) is 14.9 Å². The van der Waals surface area contributed by atoms with Crippen molar-refractivity contribution in [2.24, 2.45) is 0 Å². The van der Waals surface area contributed by atoms with Gasteiger partial charge in [-0.25, -0.2) is 22.0 Å². The SMILES string of the molecule is O=C(c1c(F)c(F)c(F)c(F)c1F)N1CCN(c2ccc(C(F)(F)F)cc2[N+](=O)[O-])CC1. The fraction of sp³-hybridized carbons (Fsp3) is 0.278. The summed E-state index contributed by atoms with van der Waals surface area (Å²) in [6.45, 7) is -1.13. The second kappa shape index (κ2) is 8.24. The van der Waals surface area contributed by atoms with Gasteiger partial charge >= 0.3 is 6.18 Å². The van der Waals surface area contributed by atoms with Gasteiger partial charge in [0.1, 0.15) is 11.3 Å². The molecule has 1 aliphatic rings. The number of nitro groups is 1. The number of hydrogen-bond acceptors (Lipinski definition) is 4. The molecule has 0 saturated carbocycles. The number of benzene rings is 2. The highest BCUT2D eigenvalue weighted by Gasteiger charge is 2.36. The molecule has 0 atom stereocenters. The van der Waals surface area contributed by atoms with Gasteiger partial charge in [0.2, 0.25) is 5.82 Å². The molecule has 172 valence electrons. The number of hydrogen-bond donors (Lipinski definition) is 0. The lowest BCUT2D eigenvalue weighted by Crippen LogP contribution is -2.49. The van der Waals surface area contributed by atoms with Crippen LogP contribution in [0.4, 0.5) is 46.5 Å². The van der Waals surface area contributed by atoms with Crippen LogP contribution < -0.4 is 4.90 Å². The molecule has 0 spiro atoms. The molecule has 0 N–H and O–H groups in total. The van der Waals surface area contributed by atoms with E-state index in [2.05, 4.69) is 0 Å². The summed E-state index contributed by atoms with van der Waals surface area (Å²) in [6.07, 6.45) is -4.82. The first-order valence-corrected chi connectivity index (χ1v) is 8.75. The van der Waals surface area contributed by atoms with E-state index in [0.717, 1.165) is 11.0 Å². The van der Waals surface area contributed by atoms with E-state index >= 15 is 0 Å². The largest absolute Gasteiger partial charge is 0.416 e. The molecule has 1 saturated heterocycles. The molecule has 0 radical (unpaired) electrons. The van der Waals surface area contributed by atoms with Crippen molar-refractivity contribution in [2.45, 2.75) is 6.18 Å². The molecule has 2 aromatic carbocycles. The van der Waals surface area contributed by atoms with Crippen molar-refractivity contribution in [1.29, 1.82) is 0 Å². The van der Waals surface area contributed by atoms with E-state index in [0.29, 0.717) is 12.1 Å². The molecule has 0 unspecified atom stereocenters. The van der Waals surface area contributed by atoms with Crippen LogP contribution in [0.3, 0.4) is 0 Å². The zero-order chi connectivity index (χ0) is 24.0. The fourth-order valence-corrected chi connectivity index (χ4v) is 3.21. The summed E-state index contributed by atoms with van der Waals surface area (Å²) in [5.41, 5.74) is -3.92. The first kappa shape index (κ1) is 23.2. The number of amides is 1. The summed E-state index contributed by atoms with van der Waals surface area (Å²) < 4.78 is 106. The number of halogens is 8. The number of alkyl halides is 3. The van der Waals surface area contributed by atoms with Gasteiger partial charge in [0.15, 0.2) is 23.3 Å². The van der Waals surface area contributed by atoms with Crippen molar-refractivity contribution < 1.29 is 44.8 Å². The zero-order valence-corrected chi connectivity index (χ0v) is 15.7. The van der Waals surface area contributed by atoms with Gasteiger partial charge in [0.25, 0.3) is 11.6 Å². The second-order valence-electron chi connectivity index (χ2n) is 6.68. The summed E-state index contributed by atoms with van der Waals surface area (Å²) in [7, 11) is 0. The van der Waals surface area contributed by atoms with Crippen LogP contribution in [-0.4, -0.2) is 41.9 Å². The van der Waals surface area contributed by atoms with Crippen molar-refractivity contribution in [2.75, 3.05) is 31.1 Å². The first-order chi connectivity index (χ1) is 14.8. The van der Waals surface area contributed by atoms with Crippen LogP contribution in [0.2, 0.25) is 0 Å². The Bertz CT molecular complexity index is 1070. The summed E-state index contributed by atoms with van der Waals surface area (Å²) in [5, 5.41) is 11.2. The lowest BCUT2D eigenvalue weighted by atomic mass is 10.1. The molecular weight excluding hydrogens is 458 g/mol. The minimum absolute atomic E-state index is 0.189. The van der Waals surface area contributed by atoms with Gasteiger partial charge in [-0.1, -0.05) is 0 Å². The second-order valence-corrected chi connectivity index (χ2v) is 6.68. The van der Waals surface area contributed by atoms with E-state index in [-0.39, 0.29) is 31.9 Å². The number of nitro benzene ring substituents is 1. The first-order valence-electron chi connectivity index (χ1n) is 8.75. The van der Waals surface area contributed by atoms with Crippen molar-refractivity contribution in [3.63, 3.8) is 0 Å². The van der Waals surface area contributed by atoms with E-state index in [4.69, 9.17) is 0 Å². The van der Waals surface area contributed by atoms with Crippen LogP contribution in [0.15, 0.2) is 18.2 Å². The number of anilines is 1. The van der Waals surface area contributed by atoms with Crippen molar-refractivity contribution in [3.05, 3.63) is 68.5 Å². The Kier molecular flexibility index (Phi) is 5.98. The molecule has 3 rings (SSSR count). The van der Waals surface area contributed by atoms with Gasteiger partial charge in [-0.05, 0) is 12.1 Å². The van der Waals surface area contributed by atoms with Gasteiger partial charge < -0.3 is 9.80 Å². The normalized spacial score (nSPS) is 14.6. The Morgan fingerprint density at radius 2 is 1.38 bits per heavy atom. The van der Waals surface area contributed by atoms with Crippen LogP contribution in [0.5, 0.6) is 0 Å². The van der Waals surface area contributed by atoms with Crippen molar-refractivity contribution >= 4 is 17.3 Å². The highest BCUT2D eigenvalue weighted by molar-refractivity contribution is 5.95. The van der Waals surface area contributed by atoms with E-state index in [1.807, 2.05) is 0 Å². The maximum absolute atomic E-state index is 13.9. The van der Waals surface area contributed by atoms with E-state index in [1.165, 1.54) is 4.90 Å². The van der Waals surface area contributed by atoms with Gasteiger partial charge in [0, 0.05) is 32.2 Å². The van der Waals surface area contributed by atoms with Crippen LogP contribution in [0.1, 0.15) is 15.9 Å². The predicted molar refractivity (Wildman–Crippen MR) is 92.4 cm³/mol. The van der Waals surface area contributed by atoms with Gasteiger partial charge in [-0.2, -0.15) is 13.2 Å². The minimum atomic E-state index is -4.82. The average molecular weight is 469 g/mol. The highest BCUT2D eigenvalue weighted by Crippen LogP contribution is 2.37. The quantitative estimate of drug-likeness (QED) is 0.222. The fourth-order valence-electron chi connectivity index (χ4n) is 3.21. The number of piperazine rings is 1. The van der Waals surface area contributed by atoms with E-state index < -0.39 is 62.9 Å². The highest BCUT2D eigenvalue weighted by atomic mass is 19.4. The predicted octanol–water partition coefficient (Wildman–Crippen LogP) is 4.27. The number of carbonyl (C=O) groups excluding carboxylic acids is 1.